The summed E-state index contributed by atoms with van der Waals surface area (Å²) in [5.74, 6) is 0.440. The number of hydrogen-bond acceptors (Lipinski definition) is 7. The topological polar surface area (TPSA) is 109 Å². The zero-order valence-corrected chi connectivity index (χ0v) is 16.4. The van der Waals surface area contributed by atoms with E-state index in [1.165, 1.54) is 6.20 Å². The number of carbonyl (C=O) groups excluding carboxylic acids is 1. The summed E-state index contributed by atoms with van der Waals surface area (Å²) in [6, 6.07) is 6.21. The largest absolute Gasteiger partial charge is 0.382 e. The highest BCUT2D eigenvalue weighted by atomic mass is 32.1. The van der Waals surface area contributed by atoms with Gasteiger partial charge in [-0.15, -0.1) is 0 Å². The minimum atomic E-state index is -0.125. The first kappa shape index (κ1) is 17.9. The molecule has 2 fully saturated rings. The van der Waals surface area contributed by atoms with Crippen LogP contribution in [0.25, 0.3) is 16.9 Å². The van der Waals surface area contributed by atoms with E-state index in [-0.39, 0.29) is 11.9 Å². The average Bonchev–Trinajstić information content (AvgIpc) is 3.42. The molecule has 8 nitrogen and oxygen atoms in total. The minimum Gasteiger partial charge on any atom is -0.382 e. The van der Waals surface area contributed by atoms with Gasteiger partial charge in [-0.25, -0.2) is 9.97 Å². The molecular formula is C20H19N7OS. The molecule has 29 heavy (non-hydrogen) atoms. The number of fused-ring (bicyclic) bond motifs is 1. The van der Waals surface area contributed by atoms with Crippen molar-refractivity contribution in [2.75, 3.05) is 5.32 Å². The standard InChI is InChI=1S/C20H19N7OS/c21-7-11-3-12-9-24-27(19(12)23-8-11)18-6-17(25-13-1-2-13)16(10-22-18)20(28)26-14-4-15(29)5-14/h3,6,8-10,13-15,29H,1-2,4-5H2,(H,22,25)(H,26,28). The summed E-state index contributed by atoms with van der Waals surface area (Å²) in [4.78, 5) is 21.6. The van der Waals surface area contributed by atoms with Crippen LogP contribution < -0.4 is 10.6 Å². The maximum atomic E-state index is 12.8. The number of amides is 1. The van der Waals surface area contributed by atoms with Crippen LogP contribution in [-0.4, -0.2) is 43.0 Å². The number of pyridine rings is 2. The van der Waals surface area contributed by atoms with Crippen LogP contribution in [0.3, 0.4) is 0 Å². The number of nitrogens with one attached hydrogen (secondary N) is 2. The van der Waals surface area contributed by atoms with Gasteiger partial charge >= 0.3 is 0 Å². The highest BCUT2D eigenvalue weighted by Gasteiger charge is 2.29. The van der Waals surface area contributed by atoms with Gasteiger partial charge in [0.2, 0.25) is 0 Å². The zero-order valence-electron chi connectivity index (χ0n) is 15.5. The number of nitrogens with zero attached hydrogens (tertiary/aromatic N) is 5. The van der Waals surface area contributed by atoms with Gasteiger partial charge in [0.15, 0.2) is 11.5 Å². The number of aromatic nitrogens is 4. The molecule has 2 saturated carbocycles. The first-order chi connectivity index (χ1) is 14.1. The van der Waals surface area contributed by atoms with Gasteiger partial charge in [0, 0.05) is 41.2 Å². The minimum absolute atomic E-state index is 0.125. The molecule has 0 bridgehead atoms. The Hall–Kier alpha value is -3.12. The van der Waals surface area contributed by atoms with Crippen molar-refractivity contribution < 1.29 is 4.79 Å². The molecular weight excluding hydrogens is 386 g/mol. The zero-order chi connectivity index (χ0) is 20.0. The lowest BCUT2D eigenvalue weighted by molar-refractivity contribution is 0.0919. The molecule has 0 radical (unpaired) electrons. The molecule has 3 heterocycles. The predicted octanol–water partition coefficient (Wildman–Crippen LogP) is 2.45. The monoisotopic (exact) mass is 405 g/mol. The van der Waals surface area contributed by atoms with E-state index in [1.807, 2.05) is 6.07 Å². The Labute approximate surface area is 172 Å². The second-order valence-corrected chi connectivity index (χ2v) is 8.34. The van der Waals surface area contributed by atoms with Crippen molar-refractivity contribution in [1.29, 1.82) is 5.26 Å². The second-order valence-electron chi connectivity index (χ2n) is 7.61. The highest BCUT2D eigenvalue weighted by Crippen LogP contribution is 2.29. The quantitative estimate of drug-likeness (QED) is 0.563. The SMILES string of the molecule is N#Cc1cnc2c(cnn2-c2cc(NC3CC3)c(C(=O)NC3CC(S)C3)cn2)c1. The molecule has 9 heteroatoms. The third kappa shape index (κ3) is 3.51. The molecule has 0 unspecified atom stereocenters. The van der Waals surface area contributed by atoms with Gasteiger partial charge in [-0.2, -0.15) is 27.7 Å². The summed E-state index contributed by atoms with van der Waals surface area (Å²) >= 11 is 4.41. The normalized spacial score (nSPS) is 20.7. The third-order valence-electron chi connectivity index (χ3n) is 5.27. The van der Waals surface area contributed by atoms with E-state index in [9.17, 15) is 4.79 Å². The maximum absolute atomic E-state index is 12.8. The van der Waals surface area contributed by atoms with Crippen LogP contribution in [0.2, 0.25) is 0 Å². The molecule has 146 valence electrons. The molecule has 2 aliphatic carbocycles. The van der Waals surface area contributed by atoms with Crippen LogP contribution >= 0.6 is 12.6 Å². The van der Waals surface area contributed by atoms with Crippen molar-refractivity contribution in [2.45, 2.75) is 43.0 Å². The van der Waals surface area contributed by atoms with Crippen molar-refractivity contribution in [2.24, 2.45) is 0 Å². The maximum Gasteiger partial charge on any atom is 0.255 e. The molecule has 2 aliphatic rings. The Balaban J connectivity index is 1.48. The summed E-state index contributed by atoms with van der Waals surface area (Å²) in [6.45, 7) is 0. The van der Waals surface area contributed by atoms with Gasteiger partial charge in [0.05, 0.1) is 23.0 Å². The van der Waals surface area contributed by atoms with Crippen molar-refractivity contribution in [3.05, 3.63) is 41.9 Å². The van der Waals surface area contributed by atoms with Gasteiger partial charge in [-0.1, -0.05) is 0 Å². The van der Waals surface area contributed by atoms with Crippen molar-refractivity contribution >= 4 is 35.3 Å². The van der Waals surface area contributed by atoms with E-state index in [4.69, 9.17) is 5.26 Å². The summed E-state index contributed by atoms with van der Waals surface area (Å²) in [5, 5.41) is 21.0. The van der Waals surface area contributed by atoms with Crippen LogP contribution in [0.1, 0.15) is 41.6 Å². The molecule has 1 amide bonds. The second kappa shape index (κ2) is 7.04. The van der Waals surface area contributed by atoms with E-state index < -0.39 is 0 Å². The molecule has 3 aromatic heterocycles. The van der Waals surface area contributed by atoms with Crippen molar-refractivity contribution in [1.82, 2.24) is 25.1 Å². The molecule has 0 aromatic carbocycles. The van der Waals surface area contributed by atoms with E-state index >= 15 is 0 Å². The molecule has 0 aliphatic heterocycles. The Kier molecular flexibility index (Phi) is 4.36. The molecule has 0 atom stereocenters. The molecule has 3 aromatic rings. The van der Waals surface area contributed by atoms with E-state index in [1.54, 1.807) is 23.1 Å². The lowest BCUT2D eigenvalue weighted by atomic mass is 9.92. The van der Waals surface area contributed by atoms with Gasteiger partial charge in [0.25, 0.3) is 5.91 Å². The first-order valence-corrected chi connectivity index (χ1v) is 10.1. The number of thiol groups is 1. The van der Waals surface area contributed by atoms with Crippen molar-refractivity contribution in [3.63, 3.8) is 0 Å². The molecule has 0 saturated heterocycles. The fraction of sp³-hybridized carbons (Fsp3) is 0.350. The van der Waals surface area contributed by atoms with E-state index in [0.29, 0.717) is 33.9 Å². The van der Waals surface area contributed by atoms with E-state index in [2.05, 4.69) is 44.4 Å². The number of anilines is 1. The summed E-state index contributed by atoms with van der Waals surface area (Å²) in [5.41, 5.74) is 2.36. The summed E-state index contributed by atoms with van der Waals surface area (Å²) in [7, 11) is 0. The molecule has 2 N–H and O–H groups in total. The third-order valence-corrected chi connectivity index (χ3v) is 5.70. The lowest BCUT2D eigenvalue weighted by Crippen LogP contribution is -2.45. The van der Waals surface area contributed by atoms with Crippen LogP contribution in [0.5, 0.6) is 0 Å². The summed E-state index contributed by atoms with van der Waals surface area (Å²) in [6.07, 6.45) is 8.72. The van der Waals surface area contributed by atoms with E-state index in [0.717, 1.165) is 36.8 Å². The van der Waals surface area contributed by atoms with Crippen LogP contribution in [0.15, 0.2) is 30.7 Å². The Bertz CT molecular complexity index is 1140. The first-order valence-electron chi connectivity index (χ1n) is 9.60. The van der Waals surface area contributed by atoms with Gasteiger partial charge in [-0.3, -0.25) is 4.79 Å². The number of carbonyl (C=O) groups is 1. The van der Waals surface area contributed by atoms with Gasteiger partial charge in [-0.05, 0) is 31.7 Å². The van der Waals surface area contributed by atoms with Gasteiger partial charge < -0.3 is 10.6 Å². The lowest BCUT2D eigenvalue weighted by Gasteiger charge is -2.32. The average molecular weight is 405 g/mol. The highest BCUT2D eigenvalue weighted by molar-refractivity contribution is 7.81. The van der Waals surface area contributed by atoms with Crippen molar-refractivity contribution in [3.8, 4) is 11.9 Å². The Morgan fingerprint density at radius 3 is 2.72 bits per heavy atom. The molecule has 5 rings (SSSR count). The Morgan fingerprint density at radius 2 is 2.00 bits per heavy atom. The molecule has 0 spiro atoms. The Morgan fingerprint density at radius 1 is 1.17 bits per heavy atom. The fourth-order valence-corrected chi connectivity index (χ4v) is 3.94. The fourth-order valence-electron chi connectivity index (χ4n) is 3.43. The number of hydrogen-bond donors (Lipinski definition) is 3. The predicted molar refractivity (Wildman–Crippen MR) is 111 cm³/mol. The van der Waals surface area contributed by atoms with Crippen LogP contribution in [-0.2, 0) is 0 Å². The van der Waals surface area contributed by atoms with Crippen LogP contribution in [0, 0.1) is 11.3 Å². The van der Waals surface area contributed by atoms with Gasteiger partial charge in [0.1, 0.15) is 6.07 Å². The smallest absolute Gasteiger partial charge is 0.255 e. The summed E-state index contributed by atoms with van der Waals surface area (Å²) < 4.78 is 1.62. The number of nitriles is 1. The number of rotatable bonds is 5. The van der Waals surface area contributed by atoms with Crippen LogP contribution in [0.4, 0.5) is 5.69 Å².